The van der Waals surface area contributed by atoms with E-state index in [-0.39, 0.29) is 11.5 Å². The van der Waals surface area contributed by atoms with Crippen molar-refractivity contribution >= 4 is 34.4 Å². The highest BCUT2D eigenvalue weighted by Gasteiger charge is 2.43. The van der Waals surface area contributed by atoms with Crippen molar-refractivity contribution in [1.29, 1.82) is 0 Å². The number of rotatable bonds is 3. The van der Waals surface area contributed by atoms with Crippen LogP contribution in [0.3, 0.4) is 0 Å². The van der Waals surface area contributed by atoms with Crippen LogP contribution in [0.25, 0.3) is 10.9 Å². The summed E-state index contributed by atoms with van der Waals surface area (Å²) in [6.07, 6.45) is 0. The minimum absolute atomic E-state index is 0.180. The third kappa shape index (κ3) is 3.25. The number of H-pyrrole nitrogens is 1. The first-order chi connectivity index (χ1) is 13.8. The second kappa shape index (κ2) is 6.59. The second-order valence-corrected chi connectivity index (χ2v) is 7.15. The molecule has 0 saturated carbocycles. The Labute approximate surface area is 165 Å². The molecule has 2 aromatic carbocycles. The molecule has 3 aromatic rings. The molecule has 29 heavy (non-hydrogen) atoms. The van der Waals surface area contributed by atoms with E-state index in [1.165, 1.54) is 6.07 Å². The Morgan fingerprint density at radius 3 is 2.55 bits per heavy atom. The Balaban J connectivity index is 1.63. The summed E-state index contributed by atoms with van der Waals surface area (Å²) in [5.41, 5.74) is 1.49. The topological polar surface area (TPSA) is 120 Å². The number of carbonyl (C=O) groups is 3. The van der Waals surface area contributed by atoms with E-state index in [0.717, 1.165) is 10.9 Å². The normalized spacial score (nSPS) is 18.4. The predicted molar refractivity (Wildman–Crippen MR) is 108 cm³/mol. The van der Waals surface area contributed by atoms with E-state index in [4.69, 9.17) is 0 Å². The molecule has 0 bridgehead atoms. The lowest BCUT2D eigenvalue weighted by Crippen LogP contribution is -2.40. The number of hydrogen-bond donors (Lipinski definition) is 4. The third-order valence-corrected chi connectivity index (χ3v) is 5.05. The average molecular weight is 390 g/mol. The molecule has 4 rings (SSSR count). The van der Waals surface area contributed by atoms with Crippen LogP contribution in [0.5, 0.6) is 0 Å². The van der Waals surface area contributed by atoms with Gasteiger partial charge in [0.2, 0.25) is 5.56 Å². The Hall–Kier alpha value is -3.94. The SMILES string of the molecule is Cc1cc(=O)[nH]c2ccc(NC(=O)c3cccc(C4(C)NC(=O)NC4=O)c3)cc12. The molecule has 4 amide bonds. The fourth-order valence-electron chi connectivity index (χ4n) is 3.42. The molecule has 8 heteroatoms. The lowest BCUT2D eigenvalue weighted by atomic mass is 9.91. The van der Waals surface area contributed by atoms with Crippen LogP contribution in [-0.2, 0) is 10.3 Å². The van der Waals surface area contributed by atoms with Gasteiger partial charge in [-0.1, -0.05) is 12.1 Å². The first-order valence-electron chi connectivity index (χ1n) is 8.95. The number of benzene rings is 2. The Morgan fingerprint density at radius 2 is 1.83 bits per heavy atom. The molecule has 2 heterocycles. The first-order valence-corrected chi connectivity index (χ1v) is 8.95. The molecule has 1 aliphatic heterocycles. The standard InChI is InChI=1S/C21H18N4O4/c1-11-8-17(26)23-16-7-6-14(10-15(11)16)22-18(27)12-4-3-5-13(9-12)21(2)19(28)24-20(29)25-21/h3-10H,1-2H3,(H,22,27)(H,23,26)(H2,24,25,28,29). The van der Waals surface area contributed by atoms with Gasteiger partial charge < -0.3 is 15.6 Å². The van der Waals surface area contributed by atoms with E-state index in [1.54, 1.807) is 49.4 Å². The van der Waals surface area contributed by atoms with Gasteiger partial charge in [0.1, 0.15) is 5.54 Å². The molecule has 1 aliphatic rings. The van der Waals surface area contributed by atoms with Crippen molar-refractivity contribution in [3.8, 4) is 0 Å². The van der Waals surface area contributed by atoms with Gasteiger partial charge in [-0.2, -0.15) is 0 Å². The number of pyridine rings is 1. The minimum Gasteiger partial charge on any atom is -0.322 e. The van der Waals surface area contributed by atoms with E-state index >= 15 is 0 Å². The van der Waals surface area contributed by atoms with Gasteiger partial charge in [0, 0.05) is 28.2 Å². The molecule has 1 fully saturated rings. The number of fused-ring (bicyclic) bond motifs is 1. The fraction of sp³-hybridized carbons (Fsp3) is 0.143. The van der Waals surface area contributed by atoms with E-state index in [0.29, 0.717) is 22.3 Å². The number of carbonyl (C=O) groups excluding carboxylic acids is 3. The Morgan fingerprint density at radius 1 is 1.03 bits per heavy atom. The van der Waals surface area contributed by atoms with Gasteiger partial charge >= 0.3 is 6.03 Å². The van der Waals surface area contributed by atoms with Crippen molar-refractivity contribution in [2.24, 2.45) is 0 Å². The van der Waals surface area contributed by atoms with Crippen molar-refractivity contribution < 1.29 is 14.4 Å². The zero-order valence-electron chi connectivity index (χ0n) is 15.8. The summed E-state index contributed by atoms with van der Waals surface area (Å²) in [7, 11) is 0. The number of urea groups is 1. The molecule has 1 atom stereocenters. The summed E-state index contributed by atoms with van der Waals surface area (Å²) in [6.45, 7) is 3.41. The van der Waals surface area contributed by atoms with Gasteiger partial charge in [-0.05, 0) is 55.3 Å². The molecular weight excluding hydrogens is 372 g/mol. The van der Waals surface area contributed by atoms with Gasteiger partial charge in [-0.3, -0.25) is 19.7 Å². The number of imide groups is 1. The summed E-state index contributed by atoms with van der Waals surface area (Å²) in [6, 6.07) is 12.7. The molecule has 8 nitrogen and oxygen atoms in total. The van der Waals surface area contributed by atoms with E-state index in [9.17, 15) is 19.2 Å². The van der Waals surface area contributed by atoms with Crippen LogP contribution in [0.15, 0.2) is 53.3 Å². The van der Waals surface area contributed by atoms with Crippen molar-refractivity contribution in [3.05, 3.63) is 75.6 Å². The maximum atomic E-state index is 12.7. The second-order valence-electron chi connectivity index (χ2n) is 7.15. The fourth-order valence-corrected chi connectivity index (χ4v) is 3.42. The lowest BCUT2D eigenvalue weighted by molar-refractivity contribution is -0.123. The van der Waals surface area contributed by atoms with Crippen LogP contribution in [0.2, 0.25) is 0 Å². The minimum atomic E-state index is -1.24. The molecule has 0 radical (unpaired) electrons. The lowest BCUT2D eigenvalue weighted by Gasteiger charge is -2.21. The molecule has 1 aromatic heterocycles. The van der Waals surface area contributed by atoms with Crippen molar-refractivity contribution in [1.82, 2.24) is 15.6 Å². The van der Waals surface area contributed by atoms with Crippen LogP contribution in [0.1, 0.15) is 28.4 Å². The number of anilines is 1. The first kappa shape index (κ1) is 18.4. The zero-order chi connectivity index (χ0) is 20.8. The number of aromatic amines is 1. The molecule has 146 valence electrons. The van der Waals surface area contributed by atoms with E-state index < -0.39 is 17.5 Å². The van der Waals surface area contributed by atoms with Gasteiger partial charge in [-0.15, -0.1) is 0 Å². The van der Waals surface area contributed by atoms with E-state index in [2.05, 4.69) is 20.9 Å². The Bertz CT molecular complexity index is 1250. The predicted octanol–water partition coefficient (Wildman–Crippen LogP) is 2.14. The smallest absolute Gasteiger partial charge is 0.322 e. The molecule has 1 unspecified atom stereocenters. The summed E-state index contributed by atoms with van der Waals surface area (Å²) in [5.74, 6) is -0.833. The highest BCUT2D eigenvalue weighted by atomic mass is 16.2. The molecule has 0 aliphatic carbocycles. The highest BCUT2D eigenvalue weighted by molar-refractivity contribution is 6.08. The quantitative estimate of drug-likeness (QED) is 0.512. The monoisotopic (exact) mass is 390 g/mol. The number of amides is 4. The van der Waals surface area contributed by atoms with Crippen molar-refractivity contribution in [3.63, 3.8) is 0 Å². The van der Waals surface area contributed by atoms with Gasteiger partial charge in [-0.25, -0.2) is 4.79 Å². The summed E-state index contributed by atoms with van der Waals surface area (Å²) in [5, 5.41) is 8.44. The van der Waals surface area contributed by atoms with Crippen LogP contribution < -0.4 is 21.5 Å². The van der Waals surface area contributed by atoms with Crippen LogP contribution in [0, 0.1) is 6.92 Å². The maximum absolute atomic E-state index is 12.7. The van der Waals surface area contributed by atoms with Crippen LogP contribution in [-0.4, -0.2) is 22.8 Å². The molecule has 0 spiro atoms. The third-order valence-electron chi connectivity index (χ3n) is 5.05. The Kier molecular flexibility index (Phi) is 4.19. The number of aromatic nitrogens is 1. The van der Waals surface area contributed by atoms with Gasteiger partial charge in [0.15, 0.2) is 0 Å². The summed E-state index contributed by atoms with van der Waals surface area (Å²) >= 11 is 0. The molecule has 4 N–H and O–H groups in total. The van der Waals surface area contributed by atoms with E-state index in [1.807, 2.05) is 6.92 Å². The zero-order valence-corrected chi connectivity index (χ0v) is 15.8. The summed E-state index contributed by atoms with van der Waals surface area (Å²) in [4.78, 5) is 50.7. The number of nitrogens with one attached hydrogen (secondary N) is 4. The van der Waals surface area contributed by atoms with Crippen LogP contribution >= 0.6 is 0 Å². The average Bonchev–Trinajstić information content (AvgIpc) is 2.95. The summed E-state index contributed by atoms with van der Waals surface area (Å²) < 4.78 is 0. The molecule has 1 saturated heterocycles. The van der Waals surface area contributed by atoms with Crippen molar-refractivity contribution in [2.45, 2.75) is 19.4 Å². The van der Waals surface area contributed by atoms with Gasteiger partial charge in [0.25, 0.3) is 11.8 Å². The molecular formula is C21H18N4O4. The van der Waals surface area contributed by atoms with Crippen molar-refractivity contribution in [2.75, 3.05) is 5.32 Å². The number of hydrogen-bond acceptors (Lipinski definition) is 4. The van der Waals surface area contributed by atoms with Gasteiger partial charge in [0.05, 0.1) is 0 Å². The maximum Gasteiger partial charge on any atom is 0.322 e. The number of aryl methyl sites for hydroxylation is 1. The highest BCUT2D eigenvalue weighted by Crippen LogP contribution is 2.26. The largest absolute Gasteiger partial charge is 0.322 e. The van der Waals surface area contributed by atoms with Crippen LogP contribution in [0.4, 0.5) is 10.5 Å².